The van der Waals surface area contributed by atoms with Crippen molar-refractivity contribution in [2.24, 2.45) is 0 Å². The first-order valence-corrected chi connectivity index (χ1v) is 6.97. The minimum absolute atomic E-state index is 0.868. The van der Waals surface area contributed by atoms with E-state index in [9.17, 15) is 8.42 Å². The Labute approximate surface area is 98.4 Å². The van der Waals surface area contributed by atoms with Crippen LogP contribution in [0.1, 0.15) is 12.5 Å². The number of benzene rings is 1. The van der Waals surface area contributed by atoms with Crippen LogP contribution in [0.5, 0.6) is 0 Å². The second kappa shape index (κ2) is 4.81. The third-order valence-corrected chi connectivity index (χ3v) is 2.86. The monoisotopic (exact) mass is 289 g/mol. The fraction of sp³-hybridized carbons (Fsp3) is 0.200. The molecular formula is C10H12BrNO2S. The van der Waals surface area contributed by atoms with Crippen LogP contribution < -0.4 is 4.72 Å². The molecule has 0 amide bonds. The van der Waals surface area contributed by atoms with Gasteiger partial charge in [-0.2, -0.15) is 0 Å². The molecule has 1 N–H and O–H groups in total. The highest BCUT2D eigenvalue weighted by Crippen LogP contribution is 2.16. The number of rotatable bonds is 3. The van der Waals surface area contributed by atoms with Crippen LogP contribution in [0.25, 0.3) is 5.57 Å². The molecule has 0 aliphatic heterocycles. The smallest absolute Gasteiger partial charge is 0.229 e. The number of sulfonamides is 1. The Morgan fingerprint density at radius 3 is 2.33 bits per heavy atom. The van der Waals surface area contributed by atoms with Gasteiger partial charge in [-0.3, -0.25) is 4.72 Å². The van der Waals surface area contributed by atoms with E-state index in [-0.39, 0.29) is 0 Å². The van der Waals surface area contributed by atoms with Crippen molar-refractivity contribution in [1.82, 2.24) is 4.72 Å². The molecule has 0 aliphatic carbocycles. The van der Waals surface area contributed by atoms with Gasteiger partial charge in [-0.25, -0.2) is 8.42 Å². The van der Waals surface area contributed by atoms with E-state index in [4.69, 9.17) is 0 Å². The highest BCUT2D eigenvalue weighted by molar-refractivity contribution is 9.10. The third kappa shape index (κ3) is 4.48. The van der Waals surface area contributed by atoms with Crippen LogP contribution >= 0.6 is 15.9 Å². The van der Waals surface area contributed by atoms with E-state index in [2.05, 4.69) is 20.7 Å². The SMILES string of the molecule is C/C(=C\NS(C)(=O)=O)c1ccc(Br)cc1. The number of allylic oxidation sites excluding steroid dienone is 1. The van der Waals surface area contributed by atoms with Crippen molar-refractivity contribution < 1.29 is 8.42 Å². The van der Waals surface area contributed by atoms with Gasteiger partial charge in [0.05, 0.1) is 6.26 Å². The van der Waals surface area contributed by atoms with Gasteiger partial charge in [0.15, 0.2) is 0 Å². The topological polar surface area (TPSA) is 46.2 Å². The summed E-state index contributed by atoms with van der Waals surface area (Å²) in [4.78, 5) is 0. The molecule has 0 radical (unpaired) electrons. The van der Waals surface area contributed by atoms with Gasteiger partial charge in [0, 0.05) is 10.7 Å². The molecule has 5 heteroatoms. The predicted octanol–water partition coefficient (Wildman–Crippen LogP) is 2.36. The molecule has 0 fully saturated rings. The van der Waals surface area contributed by atoms with E-state index >= 15 is 0 Å². The molecule has 0 saturated heterocycles. The van der Waals surface area contributed by atoms with Crippen molar-refractivity contribution >= 4 is 31.5 Å². The van der Waals surface area contributed by atoms with Crippen LogP contribution in [0, 0.1) is 0 Å². The van der Waals surface area contributed by atoms with Gasteiger partial charge in [-0.05, 0) is 30.2 Å². The Hall–Kier alpha value is -0.810. The van der Waals surface area contributed by atoms with Crippen LogP contribution in [-0.4, -0.2) is 14.7 Å². The Bertz CT molecular complexity index is 463. The molecule has 0 aromatic heterocycles. The maximum atomic E-state index is 10.9. The Morgan fingerprint density at radius 1 is 1.33 bits per heavy atom. The molecule has 0 saturated carbocycles. The van der Waals surface area contributed by atoms with Crippen LogP contribution in [0.4, 0.5) is 0 Å². The summed E-state index contributed by atoms with van der Waals surface area (Å²) < 4.78 is 25.0. The zero-order valence-corrected chi connectivity index (χ0v) is 10.9. The number of nitrogens with one attached hydrogen (secondary N) is 1. The average Bonchev–Trinajstić information content (AvgIpc) is 2.14. The molecule has 3 nitrogen and oxygen atoms in total. The van der Waals surface area contributed by atoms with Crippen LogP contribution in [0.15, 0.2) is 34.9 Å². The van der Waals surface area contributed by atoms with Gasteiger partial charge in [0.1, 0.15) is 0 Å². The van der Waals surface area contributed by atoms with E-state index in [0.717, 1.165) is 21.9 Å². The molecule has 1 aromatic carbocycles. The summed E-state index contributed by atoms with van der Waals surface area (Å²) in [5, 5.41) is 0. The highest BCUT2D eigenvalue weighted by Gasteiger charge is 1.98. The molecule has 0 unspecified atom stereocenters. The fourth-order valence-corrected chi connectivity index (χ4v) is 1.65. The maximum Gasteiger partial charge on any atom is 0.229 e. The largest absolute Gasteiger partial charge is 0.290 e. The predicted molar refractivity (Wildman–Crippen MR) is 65.8 cm³/mol. The molecule has 82 valence electrons. The van der Waals surface area contributed by atoms with E-state index in [0.29, 0.717) is 0 Å². The molecule has 15 heavy (non-hydrogen) atoms. The summed E-state index contributed by atoms with van der Waals surface area (Å²) in [5.41, 5.74) is 1.85. The lowest BCUT2D eigenvalue weighted by molar-refractivity contribution is 0.596. The summed E-state index contributed by atoms with van der Waals surface area (Å²) in [7, 11) is -3.17. The second-order valence-electron chi connectivity index (χ2n) is 3.22. The van der Waals surface area contributed by atoms with Gasteiger partial charge >= 0.3 is 0 Å². The van der Waals surface area contributed by atoms with Gasteiger partial charge in [-0.15, -0.1) is 0 Å². The van der Waals surface area contributed by atoms with E-state index < -0.39 is 10.0 Å². The van der Waals surface area contributed by atoms with Crippen molar-refractivity contribution in [3.8, 4) is 0 Å². The summed E-state index contributed by atoms with van der Waals surface area (Å²) in [6.45, 7) is 1.85. The third-order valence-electron chi connectivity index (χ3n) is 1.79. The first-order chi connectivity index (χ1) is 6.88. The number of hydrogen-bond acceptors (Lipinski definition) is 2. The molecule has 0 aliphatic rings. The summed E-state index contributed by atoms with van der Waals surface area (Å²) in [6, 6.07) is 7.65. The first kappa shape index (κ1) is 12.3. The Morgan fingerprint density at radius 2 is 1.87 bits per heavy atom. The average molecular weight is 290 g/mol. The lowest BCUT2D eigenvalue weighted by Gasteiger charge is -2.02. The number of hydrogen-bond donors (Lipinski definition) is 1. The summed E-state index contributed by atoms with van der Waals surface area (Å²) in [5.74, 6) is 0. The summed E-state index contributed by atoms with van der Waals surface area (Å²) in [6.07, 6.45) is 2.61. The van der Waals surface area contributed by atoms with Crippen LogP contribution in [0.2, 0.25) is 0 Å². The van der Waals surface area contributed by atoms with Gasteiger partial charge in [0.2, 0.25) is 10.0 Å². The highest BCUT2D eigenvalue weighted by atomic mass is 79.9. The lowest BCUT2D eigenvalue weighted by Crippen LogP contribution is -2.15. The number of halogens is 1. The Balaban J connectivity index is 2.85. The molecule has 0 heterocycles. The van der Waals surface area contributed by atoms with Crippen molar-refractivity contribution in [1.29, 1.82) is 0 Å². The van der Waals surface area contributed by atoms with Gasteiger partial charge < -0.3 is 0 Å². The minimum atomic E-state index is -3.17. The van der Waals surface area contributed by atoms with E-state index in [1.807, 2.05) is 31.2 Å². The quantitative estimate of drug-likeness (QED) is 0.929. The van der Waals surface area contributed by atoms with E-state index in [1.54, 1.807) is 0 Å². The van der Waals surface area contributed by atoms with Crippen molar-refractivity contribution in [3.05, 3.63) is 40.5 Å². The molecule has 0 atom stereocenters. The second-order valence-corrected chi connectivity index (χ2v) is 5.92. The minimum Gasteiger partial charge on any atom is -0.290 e. The molecule has 0 bridgehead atoms. The molecule has 0 spiro atoms. The molecule has 1 aromatic rings. The fourth-order valence-electron chi connectivity index (χ4n) is 0.992. The zero-order valence-electron chi connectivity index (χ0n) is 8.49. The zero-order chi connectivity index (χ0) is 11.5. The van der Waals surface area contributed by atoms with Gasteiger partial charge in [0.25, 0.3) is 0 Å². The van der Waals surface area contributed by atoms with Crippen molar-refractivity contribution in [2.75, 3.05) is 6.26 Å². The van der Waals surface area contributed by atoms with Crippen LogP contribution in [-0.2, 0) is 10.0 Å². The summed E-state index contributed by atoms with van der Waals surface area (Å²) >= 11 is 3.33. The van der Waals surface area contributed by atoms with E-state index in [1.165, 1.54) is 6.20 Å². The standard InChI is InChI=1S/C10H12BrNO2S/c1-8(7-12-15(2,13)14)9-3-5-10(11)6-4-9/h3-7,12H,1-2H3/b8-7+. The van der Waals surface area contributed by atoms with Crippen molar-refractivity contribution in [2.45, 2.75) is 6.92 Å². The Kier molecular flexibility index (Phi) is 3.93. The van der Waals surface area contributed by atoms with Gasteiger partial charge in [-0.1, -0.05) is 28.1 Å². The normalized spacial score (nSPS) is 12.6. The maximum absolute atomic E-state index is 10.9. The van der Waals surface area contributed by atoms with Crippen molar-refractivity contribution in [3.63, 3.8) is 0 Å². The van der Waals surface area contributed by atoms with Crippen LogP contribution in [0.3, 0.4) is 0 Å². The lowest BCUT2D eigenvalue weighted by atomic mass is 10.1. The molecular weight excluding hydrogens is 278 g/mol. The molecule has 1 rings (SSSR count). The first-order valence-electron chi connectivity index (χ1n) is 4.28.